The Morgan fingerprint density at radius 3 is 1.26 bits per heavy atom. The van der Waals surface area contributed by atoms with Gasteiger partial charge in [-0.05, 0) is 102 Å². The van der Waals surface area contributed by atoms with Crippen molar-refractivity contribution in [2.75, 3.05) is 0 Å². The molecule has 50 heavy (non-hydrogen) atoms. The number of benzene rings is 6. The highest BCUT2D eigenvalue weighted by Crippen LogP contribution is 2.45. The lowest BCUT2D eigenvalue weighted by Crippen LogP contribution is -1.93. The van der Waals surface area contributed by atoms with E-state index in [2.05, 4.69) is 148 Å². The van der Waals surface area contributed by atoms with E-state index in [0.717, 1.165) is 44.5 Å². The average molecular weight is 638 g/mol. The van der Waals surface area contributed by atoms with Crippen molar-refractivity contribution in [1.82, 2.24) is 15.0 Å². The molecule has 0 N–H and O–H groups in total. The lowest BCUT2D eigenvalue weighted by atomic mass is 9.84. The molecule has 0 amide bonds. The maximum atomic E-state index is 4.48. The molecule has 0 spiro atoms. The summed E-state index contributed by atoms with van der Waals surface area (Å²) in [5, 5.41) is 4.82. The molecule has 0 aliphatic heterocycles. The SMILES string of the molecule is c1cncc(-c2ccccc2-c2cc(-c3ccccc3-c3cccnc3)c3ccc4cccc(-c5ccccc5-c5cccnc5)c4c3c2)c1. The molecule has 0 aliphatic carbocycles. The van der Waals surface area contributed by atoms with E-state index in [1.807, 2.05) is 55.4 Å². The molecule has 0 atom stereocenters. The van der Waals surface area contributed by atoms with Crippen LogP contribution in [0.4, 0.5) is 0 Å². The predicted molar refractivity (Wildman–Crippen MR) is 207 cm³/mol. The van der Waals surface area contributed by atoms with E-state index in [1.165, 1.54) is 43.8 Å². The summed E-state index contributed by atoms with van der Waals surface area (Å²) in [4.78, 5) is 13.4. The Hall–Kier alpha value is -6.71. The first kappa shape index (κ1) is 29.4. The Labute approximate surface area is 291 Å². The summed E-state index contributed by atoms with van der Waals surface area (Å²) >= 11 is 0. The minimum absolute atomic E-state index is 1.09. The average Bonchev–Trinajstić information content (AvgIpc) is 3.21. The van der Waals surface area contributed by atoms with Crippen molar-refractivity contribution in [3.8, 4) is 66.8 Å². The van der Waals surface area contributed by atoms with Crippen LogP contribution in [0, 0.1) is 0 Å². The van der Waals surface area contributed by atoms with Gasteiger partial charge in [0.05, 0.1) is 0 Å². The van der Waals surface area contributed by atoms with Gasteiger partial charge in [-0.25, -0.2) is 0 Å². The lowest BCUT2D eigenvalue weighted by Gasteiger charge is -2.19. The standard InChI is InChI=1S/C47H31N3/c1-2-18-40(37(15-1)33-12-8-24-48-29-33)36-27-45(42-20-6-4-17-39(42)35-14-10-26-50-31-35)43-23-22-32-11-7-21-44(47(32)46(43)28-36)41-19-5-3-16-38(41)34-13-9-25-49-30-34/h1-31H. The van der Waals surface area contributed by atoms with Crippen LogP contribution in [-0.2, 0) is 0 Å². The van der Waals surface area contributed by atoms with E-state index < -0.39 is 0 Å². The zero-order chi connectivity index (χ0) is 33.3. The molecular formula is C47H31N3. The zero-order valence-corrected chi connectivity index (χ0v) is 27.2. The largest absolute Gasteiger partial charge is 0.264 e. The fourth-order valence-corrected chi connectivity index (χ4v) is 7.32. The molecule has 0 radical (unpaired) electrons. The van der Waals surface area contributed by atoms with Gasteiger partial charge in [0.25, 0.3) is 0 Å². The Morgan fingerprint density at radius 2 is 0.740 bits per heavy atom. The first-order chi connectivity index (χ1) is 24.8. The molecule has 3 aromatic heterocycles. The monoisotopic (exact) mass is 637 g/mol. The van der Waals surface area contributed by atoms with Crippen molar-refractivity contribution >= 4 is 21.5 Å². The minimum atomic E-state index is 1.09. The molecule has 0 fully saturated rings. The number of aromatic nitrogens is 3. The second-order valence-electron chi connectivity index (χ2n) is 12.5. The van der Waals surface area contributed by atoms with Gasteiger partial charge in [0.1, 0.15) is 0 Å². The molecule has 0 aliphatic rings. The molecule has 0 saturated heterocycles. The molecule has 9 aromatic rings. The molecule has 0 bridgehead atoms. The highest BCUT2D eigenvalue weighted by molar-refractivity contribution is 6.20. The van der Waals surface area contributed by atoms with Crippen LogP contribution in [0.5, 0.6) is 0 Å². The fraction of sp³-hybridized carbons (Fsp3) is 0. The van der Waals surface area contributed by atoms with Crippen LogP contribution in [0.2, 0.25) is 0 Å². The fourth-order valence-electron chi connectivity index (χ4n) is 7.32. The third-order valence-electron chi connectivity index (χ3n) is 9.57. The molecule has 0 unspecified atom stereocenters. The summed E-state index contributed by atoms with van der Waals surface area (Å²) in [5.74, 6) is 0. The lowest BCUT2D eigenvalue weighted by molar-refractivity contribution is 1.33. The van der Waals surface area contributed by atoms with Crippen molar-refractivity contribution in [3.05, 3.63) is 189 Å². The molecule has 3 heteroatoms. The van der Waals surface area contributed by atoms with Gasteiger partial charge in [-0.2, -0.15) is 0 Å². The number of hydrogen-bond acceptors (Lipinski definition) is 3. The molecule has 6 aromatic carbocycles. The van der Waals surface area contributed by atoms with Gasteiger partial charge in [-0.1, -0.05) is 121 Å². The maximum Gasteiger partial charge on any atom is 0.0346 e. The number of fused-ring (bicyclic) bond motifs is 3. The van der Waals surface area contributed by atoms with Gasteiger partial charge in [-0.3, -0.25) is 15.0 Å². The van der Waals surface area contributed by atoms with E-state index in [1.54, 1.807) is 0 Å². The van der Waals surface area contributed by atoms with Gasteiger partial charge in [0.2, 0.25) is 0 Å². The predicted octanol–water partition coefficient (Wildman–Crippen LogP) is 12.2. The van der Waals surface area contributed by atoms with Gasteiger partial charge >= 0.3 is 0 Å². The van der Waals surface area contributed by atoms with Crippen LogP contribution in [0.3, 0.4) is 0 Å². The normalized spacial score (nSPS) is 11.2. The van der Waals surface area contributed by atoms with E-state index in [9.17, 15) is 0 Å². The highest BCUT2D eigenvalue weighted by Gasteiger charge is 2.19. The Morgan fingerprint density at radius 1 is 0.280 bits per heavy atom. The van der Waals surface area contributed by atoms with Gasteiger partial charge in [-0.15, -0.1) is 0 Å². The second kappa shape index (κ2) is 12.7. The summed E-state index contributed by atoms with van der Waals surface area (Å²) in [7, 11) is 0. The quantitative estimate of drug-likeness (QED) is 0.170. The van der Waals surface area contributed by atoms with Crippen LogP contribution in [0.15, 0.2) is 189 Å². The Bertz CT molecular complexity index is 2630. The third kappa shape index (κ3) is 5.22. The van der Waals surface area contributed by atoms with Crippen LogP contribution in [0.25, 0.3) is 88.3 Å². The number of pyridine rings is 3. The third-order valence-corrected chi connectivity index (χ3v) is 9.57. The highest BCUT2D eigenvalue weighted by atomic mass is 14.6. The minimum Gasteiger partial charge on any atom is -0.264 e. The molecule has 0 saturated carbocycles. The van der Waals surface area contributed by atoms with E-state index in [4.69, 9.17) is 0 Å². The first-order valence-corrected chi connectivity index (χ1v) is 16.8. The van der Waals surface area contributed by atoms with Crippen molar-refractivity contribution in [3.63, 3.8) is 0 Å². The van der Waals surface area contributed by atoms with Gasteiger partial charge < -0.3 is 0 Å². The topological polar surface area (TPSA) is 38.7 Å². The van der Waals surface area contributed by atoms with Crippen molar-refractivity contribution < 1.29 is 0 Å². The molecule has 9 rings (SSSR count). The first-order valence-electron chi connectivity index (χ1n) is 16.8. The summed E-state index contributed by atoms with van der Waals surface area (Å²) in [5.41, 5.74) is 13.7. The van der Waals surface area contributed by atoms with Crippen molar-refractivity contribution in [2.24, 2.45) is 0 Å². The van der Waals surface area contributed by atoms with Gasteiger partial charge in [0.15, 0.2) is 0 Å². The number of nitrogens with zero attached hydrogens (tertiary/aromatic N) is 3. The van der Waals surface area contributed by atoms with Crippen LogP contribution in [-0.4, -0.2) is 15.0 Å². The Balaban J connectivity index is 1.40. The zero-order valence-electron chi connectivity index (χ0n) is 27.2. The number of rotatable bonds is 6. The molecule has 3 nitrogen and oxygen atoms in total. The smallest absolute Gasteiger partial charge is 0.0346 e. The summed E-state index contributed by atoms with van der Waals surface area (Å²) in [6.07, 6.45) is 11.3. The van der Waals surface area contributed by atoms with E-state index >= 15 is 0 Å². The van der Waals surface area contributed by atoms with Crippen molar-refractivity contribution in [1.29, 1.82) is 0 Å². The van der Waals surface area contributed by atoms with Crippen LogP contribution >= 0.6 is 0 Å². The molecule has 3 heterocycles. The summed E-state index contributed by atoms with van der Waals surface area (Å²) in [6, 6.07) is 54.4. The number of hydrogen-bond donors (Lipinski definition) is 0. The van der Waals surface area contributed by atoms with Crippen LogP contribution < -0.4 is 0 Å². The Kier molecular flexibility index (Phi) is 7.49. The summed E-state index contributed by atoms with van der Waals surface area (Å²) in [6.45, 7) is 0. The van der Waals surface area contributed by atoms with Gasteiger partial charge in [0, 0.05) is 53.9 Å². The molecule has 234 valence electrons. The molecular weight excluding hydrogens is 607 g/mol. The van der Waals surface area contributed by atoms with Crippen LogP contribution in [0.1, 0.15) is 0 Å². The van der Waals surface area contributed by atoms with Crippen molar-refractivity contribution in [2.45, 2.75) is 0 Å². The maximum absolute atomic E-state index is 4.48. The van der Waals surface area contributed by atoms with E-state index in [0.29, 0.717) is 0 Å². The summed E-state index contributed by atoms with van der Waals surface area (Å²) < 4.78 is 0. The second-order valence-corrected chi connectivity index (χ2v) is 12.5. The van der Waals surface area contributed by atoms with E-state index in [-0.39, 0.29) is 0 Å².